The van der Waals surface area contributed by atoms with Gasteiger partial charge in [-0.2, -0.15) is 9.61 Å². The highest BCUT2D eigenvalue weighted by Crippen LogP contribution is 2.28. The van der Waals surface area contributed by atoms with Gasteiger partial charge in [0.25, 0.3) is 5.91 Å². The van der Waals surface area contributed by atoms with Crippen LogP contribution in [-0.2, 0) is 0 Å². The average molecular weight is 464 g/mol. The number of carbonyl (C=O) groups is 1. The van der Waals surface area contributed by atoms with E-state index in [1.165, 1.54) is 11.3 Å². The lowest BCUT2D eigenvalue weighted by molar-refractivity contribution is 0.102. The first-order chi connectivity index (χ1) is 14.1. The number of rotatable bonds is 3. The Kier molecular flexibility index (Phi) is 4.37. The molecule has 0 saturated heterocycles. The predicted octanol–water partition coefficient (Wildman–Crippen LogP) is 5.33. The van der Waals surface area contributed by atoms with Crippen molar-refractivity contribution >= 4 is 54.6 Å². The number of anilines is 1. The quantitative estimate of drug-likeness (QED) is 0.392. The van der Waals surface area contributed by atoms with E-state index in [-0.39, 0.29) is 5.91 Å². The van der Waals surface area contributed by atoms with Gasteiger partial charge < -0.3 is 5.32 Å². The van der Waals surface area contributed by atoms with Crippen LogP contribution in [0.25, 0.3) is 26.3 Å². The Morgan fingerprint density at radius 2 is 1.76 bits per heavy atom. The molecule has 0 radical (unpaired) electrons. The second-order valence-corrected chi connectivity index (χ2v) is 8.33. The Balaban J connectivity index is 1.41. The maximum absolute atomic E-state index is 12.9. The minimum Gasteiger partial charge on any atom is -0.322 e. The minimum atomic E-state index is -0.143. The van der Waals surface area contributed by atoms with Crippen molar-refractivity contribution in [1.29, 1.82) is 0 Å². The molecule has 0 unspecified atom stereocenters. The van der Waals surface area contributed by atoms with Gasteiger partial charge in [0.05, 0.1) is 0 Å². The van der Waals surface area contributed by atoms with Gasteiger partial charge in [-0.3, -0.25) is 4.79 Å². The van der Waals surface area contributed by atoms with Crippen molar-refractivity contribution in [1.82, 2.24) is 19.8 Å². The van der Waals surface area contributed by atoms with Crippen LogP contribution in [0, 0.1) is 6.92 Å². The Labute approximate surface area is 178 Å². The third kappa shape index (κ3) is 3.20. The van der Waals surface area contributed by atoms with Crippen LogP contribution in [0.2, 0.25) is 0 Å². The molecule has 0 atom stereocenters. The van der Waals surface area contributed by atoms with E-state index in [0.717, 1.165) is 42.3 Å². The molecule has 0 aliphatic carbocycles. The molecule has 8 heteroatoms. The molecule has 0 aliphatic rings. The maximum atomic E-state index is 12.9. The Morgan fingerprint density at radius 3 is 2.55 bits per heavy atom. The van der Waals surface area contributed by atoms with E-state index in [2.05, 4.69) is 36.5 Å². The summed E-state index contributed by atoms with van der Waals surface area (Å²) in [5.74, 6) is 0.615. The molecule has 2 heterocycles. The van der Waals surface area contributed by atoms with Crippen LogP contribution < -0.4 is 5.32 Å². The van der Waals surface area contributed by atoms with Gasteiger partial charge in [0.15, 0.2) is 5.82 Å². The third-order valence-electron chi connectivity index (χ3n) is 4.65. The predicted molar refractivity (Wildman–Crippen MR) is 118 cm³/mol. The van der Waals surface area contributed by atoms with E-state index in [1.807, 2.05) is 67.6 Å². The fourth-order valence-electron chi connectivity index (χ4n) is 3.20. The first-order valence-electron chi connectivity index (χ1n) is 8.88. The van der Waals surface area contributed by atoms with Crippen molar-refractivity contribution < 1.29 is 4.79 Å². The van der Waals surface area contributed by atoms with Crippen molar-refractivity contribution in [2.45, 2.75) is 6.92 Å². The lowest BCUT2D eigenvalue weighted by Crippen LogP contribution is -2.12. The first kappa shape index (κ1) is 18.0. The molecule has 0 saturated carbocycles. The van der Waals surface area contributed by atoms with Crippen molar-refractivity contribution in [3.8, 4) is 10.6 Å². The molecule has 29 heavy (non-hydrogen) atoms. The highest BCUT2D eigenvalue weighted by atomic mass is 79.9. The third-order valence-corrected chi connectivity index (χ3v) is 6.29. The number of benzene rings is 3. The average Bonchev–Trinajstić information content (AvgIpc) is 3.31. The van der Waals surface area contributed by atoms with Crippen LogP contribution in [-0.4, -0.2) is 25.7 Å². The number of fused-ring (bicyclic) bond motifs is 2. The van der Waals surface area contributed by atoms with Crippen LogP contribution in [0.4, 0.5) is 5.69 Å². The first-order valence-corrected chi connectivity index (χ1v) is 10.5. The summed E-state index contributed by atoms with van der Waals surface area (Å²) in [7, 11) is 0. The minimum absolute atomic E-state index is 0.143. The lowest BCUT2D eigenvalue weighted by Gasteiger charge is -2.09. The monoisotopic (exact) mass is 463 g/mol. The zero-order valence-corrected chi connectivity index (χ0v) is 17.7. The summed E-state index contributed by atoms with van der Waals surface area (Å²) < 4.78 is 2.70. The topological polar surface area (TPSA) is 72.2 Å². The van der Waals surface area contributed by atoms with Gasteiger partial charge in [-0.15, -0.1) is 10.2 Å². The van der Waals surface area contributed by atoms with E-state index >= 15 is 0 Å². The molecule has 142 valence electrons. The number of aromatic nitrogens is 4. The van der Waals surface area contributed by atoms with E-state index in [4.69, 9.17) is 0 Å². The standard InChI is InChI=1S/C21H14BrN5OS/c1-12-24-25-21-27(12)26-20(29-21)13-8-10-14(11-9-13)23-19(28)17-6-2-5-16-15(17)4-3-7-18(16)22/h2-11H,1H3,(H,23,28). The normalized spacial score (nSPS) is 11.2. The van der Waals surface area contributed by atoms with E-state index in [9.17, 15) is 4.79 Å². The molecule has 6 nitrogen and oxygen atoms in total. The largest absolute Gasteiger partial charge is 0.322 e. The van der Waals surface area contributed by atoms with Crippen LogP contribution in [0.5, 0.6) is 0 Å². The summed E-state index contributed by atoms with van der Waals surface area (Å²) in [4.78, 5) is 13.6. The summed E-state index contributed by atoms with van der Waals surface area (Å²) in [6.45, 7) is 1.87. The molecule has 3 aromatic carbocycles. The van der Waals surface area contributed by atoms with Crippen LogP contribution >= 0.6 is 27.3 Å². The lowest BCUT2D eigenvalue weighted by atomic mass is 10.0. The summed E-state index contributed by atoms with van der Waals surface area (Å²) in [5, 5.41) is 18.4. The van der Waals surface area contributed by atoms with Gasteiger partial charge in [0, 0.05) is 21.3 Å². The summed E-state index contributed by atoms with van der Waals surface area (Å²) in [6, 6.07) is 19.2. The number of amides is 1. The van der Waals surface area contributed by atoms with Gasteiger partial charge >= 0.3 is 0 Å². The number of hydrogen-bond acceptors (Lipinski definition) is 5. The molecule has 0 spiro atoms. The molecular weight excluding hydrogens is 450 g/mol. The van der Waals surface area contributed by atoms with Crippen molar-refractivity contribution in [3.63, 3.8) is 0 Å². The van der Waals surface area contributed by atoms with Crippen molar-refractivity contribution in [2.24, 2.45) is 0 Å². The summed E-state index contributed by atoms with van der Waals surface area (Å²) in [6.07, 6.45) is 0. The number of hydrogen-bond donors (Lipinski definition) is 1. The molecule has 0 aliphatic heterocycles. The fourth-order valence-corrected chi connectivity index (χ4v) is 4.58. The van der Waals surface area contributed by atoms with Crippen LogP contribution in [0.15, 0.2) is 65.1 Å². The van der Waals surface area contributed by atoms with Crippen molar-refractivity contribution in [2.75, 3.05) is 5.32 Å². The number of aryl methyl sites for hydroxylation is 1. The Morgan fingerprint density at radius 1 is 1.00 bits per heavy atom. The molecule has 1 amide bonds. The van der Waals surface area contributed by atoms with Crippen molar-refractivity contribution in [3.05, 3.63) is 76.5 Å². The van der Waals surface area contributed by atoms with Gasteiger partial charge in [-0.05, 0) is 54.1 Å². The summed E-state index contributed by atoms with van der Waals surface area (Å²) >= 11 is 5.02. The van der Waals surface area contributed by atoms with Crippen LogP contribution in [0.1, 0.15) is 16.2 Å². The van der Waals surface area contributed by atoms with Gasteiger partial charge in [0.2, 0.25) is 4.96 Å². The fraction of sp³-hybridized carbons (Fsp3) is 0.0476. The highest BCUT2D eigenvalue weighted by molar-refractivity contribution is 9.10. The summed E-state index contributed by atoms with van der Waals surface area (Å²) in [5.41, 5.74) is 2.33. The van der Waals surface area contributed by atoms with E-state index in [1.54, 1.807) is 4.52 Å². The number of carbonyl (C=O) groups excluding carboxylic acids is 1. The molecule has 0 bridgehead atoms. The molecule has 5 rings (SSSR count). The second-order valence-electron chi connectivity index (χ2n) is 6.52. The van der Waals surface area contributed by atoms with Crippen LogP contribution in [0.3, 0.4) is 0 Å². The van der Waals surface area contributed by atoms with Gasteiger partial charge in [-0.25, -0.2) is 0 Å². The number of halogens is 1. The van der Waals surface area contributed by atoms with E-state index in [0.29, 0.717) is 5.56 Å². The zero-order valence-electron chi connectivity index (χ0n) is 15.3. The SMILES string of the molecule is Cc1nnc2sc(-c3ccc(NC(=O)c4cccc5c(Br)cccc45)cc3)nn12. The molecule has 5 aromatic rings. The number of nitrogens with zero attached hydrogens (tertiary/aromatic N) is 4. The maximum Gasteiger partial charge on any atom is 0.256 e. The Hall–Kier alpha value is -3.10. The van der Waals surface area contributed by atoms with Gasteiger partial charge in [-0.1, -0.05) is 51.5 Å². The molecular formula is C21H14BrN5OS. The highest BCUT2D eigenvalue weighted by Gasteiger charge is 2.13. The molecule has 1 N–H and O–H groups in total. The molecule has 0 fully saturated rings. The molecule has 2 aromatic heterocycles. The van der Waals surface area contributed by atoms with Gasteiger partial charge in [0.1, 0.15) is 5.01 Å². The zero-order chi connectivity index (χ0) is 20.0. The smallest absolute Gasteiger partial charge is 0.256 e. The second kappa shape index (κ2) is 7.06. The Bertz CT molecular complexity index is 1370. The van der Waals surface area contributed by atoms with E-state index < -0.39 is 0 Å². The number of nitrogens with one attached hydrogen (secondary N) is 1.